The third kappa shape index (κ3) is 3.23. The van der Waals surface area contributed by atoms with Crippen LogP contribution in [0.4, 0.5) is 10.1 Å². The van der Waals surface area contributed by atoms with Crippen molar-refractivity contribution in [2.24, 2.45) is 11.3 Å². The minimum absolute atomic E-state index is 0.0221. The predicted molar refractivity (Wildman–Crippen MR) is 77.7 cm³/mol. The van der Waals surface area contributed by atoms with E-state index in [2.05, 4.69) is 5.32 Å². The smallest absolute Gasteiger partial charge is 0.340 e. The van der Waals surface area contributed by atoms with Gasteiger partial charge in [-0.15, -0.1) is 0 Å². The van der Waals surface area contributed by atoms with Gasteiger partial charge >= 0.3 is 5.97 Å². The van der Waals surface area contributed by atoms with Crippen molar-refractivity contribution in [1.29, 1.82) is 0 Å². The molecule has 0 saturated heterocycles. The molecule has 2 rings (SSSR count). The molecule has 0 aliphatic heterocycles. The number of hydrogen-bond acceptors (Lipinski definition) is 2. The average molecular weight is 293 g/mol. The van der Waals surface area contributed by atoms with Crippen molar-refractivity contribution in [1.82, 2.24) is 0 Å². The average Bonchev–Trinajstić information content (AvgIpc) is 2.37. The molecule has 1 atom stereocenters. The van der Waals surface area contributed by atoms with Crippen LogP contribution in [0.2, 0.25) is 0 Å². The van der Waals surface area contributed by atoms with E-state index in [0.29, 0.717) is 0 Å². The van der Waals surface area contributed by atoms with E-state index >= 15 is 0 Å². The van der Waals surface area contributed by atoms with Crippen molar-refractivity contribution < 1.29 is 19.1 Å². The lowest BCUT2D eigenvalue weighted by Gasteiger charge is -2.37. The second kappa shape index (κ2) is 5.84. The van der Waals surface area contributed by atoms with Crippen molar-refractivity contribution in [3.8, 4) is 0 Å². The topological polar surface area (TPSA) is 66.4 Å². The summed E-state index contributed by atoms with van der Waals surface area (Å²) in [5.74, 6) is -2.64. The molecule has 0 bridgehead atoms. The standard InChI is InChI=1S/C16H20FNO3/c1-16(2)9-4-3-6-10(16)14(19)18-12-8-5-7-11(17)13(12)15(20)21/h5,7-8,10H,3-4,6,9H2,1-2H3,(H,18,19)(H,20,21). The minimum atomic E-state index is -1.38. The Kier molecular flexibility index (Phi) is 4.30. The quantitative estimate of drug-likeness (QED) is 0.893. The molecule has 0 spiro atoms. The molecule has 1 aromatic carbocycles. The van der Waals surface area contributed by atoms with Gasteiger partial charge in [0.1, 0.15) is 11.4 Å². The first-order valence-electron chi connectivity index (χ1n) is 7.15. The number of amides is 1. The van der Waals surface area contributed by atoms with Gasteiger partial charge in [0.05, 0.1) is 5.69 Å². The Hall–Kier alpha value is -1.91. The summed E-state index contributed by atoms with van der Waals surface area (Å²) < 4.78 is 13.6. The van der Waals surface area contributed by atoms with Crippen LogP contribution in [0.15, 0.2) is 18.2 Å². The van der Waals surface area contributed by atoms with E-state index in [4.69, 9.17) is 5.11 Å². The largest absolute Gasteiger partial charge is 0.478 e. The third-order valence-corrected chi connectivity index (χ3v) is 4.31. The molecule has 1 aliphatic rings. The van der Waals surface area contributed by atoms with Crippen molar-refractivity contribution in [3.63, 3.8) is 0 Å². The van der Waals surface area contributed by atoms with Gasteiger partial charge in [-0.05, 0) is 30.4 Å². The van der Waals surface area contributed by atoms with Gasteiger partial charge in [0.25, 0.3) is 0 Å². The van der Waals surface area contributed by atoms with Crippen LogP contribution in [0.25, 0.3) is 0 Å². The Bertz CT molecular complexity index is 569. The van der Waals surface area contributed by atoms with Gasteiger partial charge in [0.2, 0.25) is 5.91 Å². The number of carboxylic acid groups (broad SMARTS) is 1. The van der Waals surface area contributed by atoms with Crippen LogP contribution in [0.3, 0.4) is 0 Å². The number of benzene rings is 1. The second-order valence-electron chi connectivity index (χ2n) is 6.24. The number of carbonyl (C=O) groups excluding carboxylic acids is 1. The van der Waals surface area contributed by atoms with Gasteiger partial charge in [0.15, 0.2) is 0 Å². The second-order valence-corrected chi connectivity index (χ2v) is 6.24. The first kappa shape index (κ1) is 15.5. The van der Waals surface area contributed by atoms with Gasteiger partial charge in [-0.3, -0.25) is 4.79 Å². The summed E-state index contributed by atoms with van der Waals surface area (Å²) in [6.07, 6.45) is 3.81. The molecule has 0 aromatic heterocycles. The SMILES string of the molecule is CC1(C)CCCCC1C(=O)Nc1cccc(F)c1C(=O)O. The van der Waals surface area contributed by atoms with Crippen LogP contribution in [-0.2, 0) is 4.79 Å². The van der Waals surface area contributed by atoms with E-state index in [0.717, 1.165) is 31.7 Å². The van der Waals surface area contributed by atoms with Gasteiger partial charge in [-0.2, -0.15) is 0 Å². The number of rotatable bonds is 3. The molecular weight excluding hydrogens is 273 g/mol. The molecule has 114 valence electrons. The number of hydrogen-bond donors (Lipinski definition) is 2. The van der Waals surface area contributed by atoms with E-state index < -0.39 is 17.3 Å². The minimum Gasteiger partial charge on any atom is -0.478 e. The molecule has 4 nitrogen and oxygen atoms in total. The first-order chi connectivity index (χ1) is 9.83. The van der Waals surface area contributed by atoms with Gasteiger partial charge in [-0.1, -0.05) is 32.8 Å². The molecule has 21 heavy (non-hydrogen) atoms. The van der Waals surface area contributed by atoms with Gasteiger partial charge in [-0.25, -0.2) is 9.18 Å². The summed E-state index contributed by atoms with van der Waals surface area (Å²) in [6.45, 7) is 4.08. The highest BCUT2D eigenvalue weighted by Crippen LogP contribution is 2.41. The van der Waals surface area contributed by atoms with Crippen LogP contribution in [0.1, 0.15) is 49.9 Å². The maximum absolute atomic E-state index is 13.6. The maximum atomic E-state index is 13.6. The zero-order valence-corrected chi connectivity index (χ0v) is 12.3. The Labute approximate surface area is 123 Å². The highest BCUT2D eigenvalue weighted by atomic mass is 19.1. The first-order valence-corrected chi connectivity index (χ1v) is 7.15. The van der Waals surface area contributed by atoms with Crippen LogP contribution < -0.4 is 5.32 Å². The van der Waals surface area contributed by atoms with Crippen molar-refractivity contribution >= 4 is 17.6 Å². The highest BCUT2D eigenvalue weighted by molar-refractivity contribution is 6.01. The van der Waals surface area contributed by atoms with E-state index in [1.54, 1.807) is 0 Å². The Morgan fingerprint density at radius 1 is 1.33 bits per heavy atom. The lowest BCUT2D eigenvalue weighted by molar-refractivity contribution is -0.124. The summed E-state index contributed by atoms with van der Waals surface area (Å²) in [7, 11) is 0. The number of nitrogens with one attached hydrogen (secondary N) is 1. The lowest BCUT2D eigenvalue weighted by Crippen LogP contribution is -2.37. The van der Waals surface area contributed by atoms with Gasteiger partial charge < -0.3 is 10.4 Å². The van der Waals surface area contributed by atoms with E-state index in [-0.39, 0.29) is 22.9 Å². The molecule has 1 aliphatic carbocycles. The number of carbonyl (C=O) groups is 2. The third-order valence-electron chi connectivity index (χ3n) is 4.31. The van der Waals surface area contributed by atoms with Crippen LogP contribution in [0.5, 0.6) is 0 Å². The Morgan fingerprint density at radius 3 is 2.67 bits per heavy atom. The summed E-state index contributed by atoms with van der Waals surface area (Å²) in [4.78, 5) is 23.6. The maximum Gasteiger partial charge on any atom is 0.340 e. The molecule has 5 heteroatoms. The van der Waals surface area contributed by atoms with Crippen molar-refractivity contribution in [3.05, 3.63) is 29.6 Å². The van der Waals surface area contributed by atoms with Crippen LogP contribution in [-0.4, -0.2) is 17.0 Å². The Morgan fingerprint density at radius 2 is 2.05 bits per heavy atom. The fourth-order valence-corrected chi connectivity index (χ4v) is 3.05. The van der Waals surface area contributed by atoms with Crippen molar-refractivity contribution in [2.75, 3.05) is 5.32 Å². The number of aromatic carboxylic acids is 1. The summed E-state index contributed by atoms with van der Waals surface area (Å²) >= 11 is 0. The van der Waals surface area contributed by atoms with Gasteiger partial charge in [0, 0.05) is 5.92 Å². The summed E-state index contributed by atoms with van der Waals surface area (Å²) in [5.41, 5.74) is -0.590. The van der Waals surface area contributed by atoms with Crippen LogP contribution in [0, 0.1) is 17.2 Å². The van der Waals surface area contributed by atoms with E-state index in [1.807, 2.05) is 13.8 Å². The number of anilines is 1. The molecule has 0 radical (unpaired) electrons. The molecule has 1 aromatic rings. The Balaban J connectivity index is 2.24. The van der Waals surface area contributed by atoms with E-state index in [1.165, 1.54) is 12.1 Å². The van der Waals surface area contributed by atoms with Crippen molar-refractivity contribution in [2.45, 2.75) is 39.5 Å². The lowest BCUT2D eigenvalue weighted by atomic mass is 9.68. The highest BCUT2D eigenvalue weighted by Gasteiger charge is 2.37. The fraction of sp³-hybridized carbons (Fsp3) is 0.500. The molecule has 1 unspecified atom stereocenters. The summed E-state index contributed by atoms with van der Waals surface area (Å²) in [6, 6.07) is 3.88. The molecule has 1 fully saturated rings. The van der Waals surface area contributed by atoms with E-state index in [9.17, 15) is 14.0 Å². The molecular formula is C16H20FNO3. The molecule has 1 saturated carbocycles. The monoisotopic (exact) mass is 293 g/mol. The normalized spacial score (nSPS) is 20.8. The predicted octanol–water partition coefficient (Wildman–Crippen LogP) is 3.68. The molecule has 2 N–H and O–H groups in total. The fourth-order valence-electron chi connectivity index (χ4n) is 3.05. The summed E-state index contributed by atoms with van der Waals surface area (Å²) in [5, 5.41) is 11.7. The number of halogens is 1. The number of carboxylic acids is 1. The zero-order valence-electron chi connectivity index (χ0n) is 12.3. The van der Waals surface area contributed by atoms with Crippen LogP contribution >= 0.6 is 0 Å². The zero-order chi connectivity index (χ0) is 15.6. The molecule has 0 heterocycles. The molecule has 1 amide bonds.